The zero-order valence-corrected chi connectivity index (χ0v) is 14.4. The summed E-state index contributed by atoms with van der Waals surface area (Å²) in [5, 5.41) is 3.08. The number of carbonyl (C=O) groups excluding carboxylic acids is 1. The highest BCUT2D eigenvalue weighted by Gasteiger charge is 2.12. The molecule has 0 amide bonds. The van der Waals surface area contributed by atoms with Crippen molar-refractivity contribution in [3.63, 3.8) is 0 Å². The Morgan fingerprint density at radius 3 is 2.46 bits per heavy atom. The van der Waals surface area contributed by atoms with Gasteiger partial charge in [-0.2, -0.15) is 0 Å². The van der Waals surface area contributed by atoms with Crippen molar-refractivity contribution in [3.05, 3.63) is 59.9 Å². The number of carbonyl (C=O) groups is 1. The molecule has 1 heterocycles. The minimum absolute atomic E-state index is 0.116. The van der Waals surface area contributed by atoms with Gasteiger partial charge in [0.15, 0.2) is 0 Å². The maximum atomic E-state index is 11.7. The number of hydrogen-bond donors (Lipinski definition) is 1. The molecule has 5 heteroatoms. The van der Waals surface area contributed by atoms with E-state index in [0.717, 1.165) is 5.56 Å². The van der Waals surface area contributed by atoms with Gasteiger partial charge >= 0.3 is 5.97 Å². The Kier molecular flexibility index (Phi) is 6.32. The van der Waals surface area contributed by atoms with Crippen LogP contribution in [0.25, 0.3) is 0 Å². The molecule has 0 saturated carbocycles. The summed E-state index contributed by atoms with van der Waals surface area (Å²) in [5.74, 6) is 0.388. The number of benzene rings is 1. The maximum Gasteiger partial charge on any atom is 0.320 e. The first-order valence-corrected chi connectivity index (χ1v) is 7.95. The fourth-order valence-electron chi connectivity index (χ4n) is 1.87. The first-order valence-electron chi connectivity index (χ1n) is 7.95. The van der Waals surface area contributed by atoms with E-state index >= 15 is 0 Å². The van der Waals surface area contributed by atoms with Crippen molar-refractivity contribution >= 4 is 5.97 Å². The lowest BCUT2D eigenvalue weighted by atomic mass is 10.1. The van der Waals surface area contributed by atoms with E-state index in [1.165, 1.54) is 0 Å². The largest absolute Gasteiger partial charge is 0.487 e. The van der Waals surface area contributed by atoms with Gasteiger partial charge in [-0.05, 0) is 38.5 Å². The lowest BCUT2D eigenvalue weighted by molar-refractivity contribution is -0.144. The molecule has 0 spiro atoms. The Hall–Kier alpha value is -2.40. The van der Waals surface area contributed by atoms with Crippen LogP contribution in [0.1, 0.15) is 32.0 Å². The highest BCUT2D eigenvalue weighted by atomic mass is 16.5. The highest BCUT2D eigenvalue weighted by molar-refractivity contribution is 5.71. The van der Waals surface area contributed by atoms with E-state index in [9.17, 15) is 4.79 Å². The van der Waals surface area contributed by atoms with E-state index in [2.05, 4.69) is 10.3 Å². The van der Waals surface area contributed by atoms with E-state index < -0.39 is 0 Å². The van der Waals surface area contributed by atoms with Gasteiger partial charge in [0.1, 0.15) is 19.0 Å². The van der Waals surface area contributed by atoms with Crippen LogP contribution in [0, 0.1) is 0 Å². The lowest BCUT2D eigenvalue weighted by Gasteiger charge is -2.19. The average Bonchev–Trinajstić information content (AvgIpc) is 2.57. The molecule has 2 rings (SSSR count). The van der Waals surface area contributed by atoms with Crippen molar-refractivity contribution in [1.82, 2.24) is 10.3 Å². The molecule has 0 saturated heterocycles. The van der Waals surface area contributed by atoms with E-state index in [1.54, 1.807) is 12.3 Å². The van der Waals surface area contributed by atoms with Crippen molar-refractivity contribution in [2.24, 2.45) is 0 Å². The number of ether oxygens (including phenoxy) is 2. The molecule has 0 atom stereocenters. The van der Waals surface area contributed by atoms with Crippen molar-refractivity contribution < 1.29 is 14.3 Å². The number of nitrogens with zero attached hydrogens (tertiary/aromatic N) is 1. The minimum Gasteiger partial charge on any atom is -0.487 e. The van der Waals surface area contributed by atoms with Crippen molar-refractivity contribution in [2.45, 2.75) is 39.5 Å². The Morgan fingerprint density at radius 1 is 1.08 bits per heavy atom. The maximum absolute atomic E-state index is 11.7. The number of esters is 1. The molecule has 0 unspecified atom stereocenters. The zero-order chi connectivity index (χ0) is 17.4. The third-order valence-electron chi connectivity index (χ3n) is 3.19. The SMILES string of the molecule is CC(C)(C)NCC(=O)OCc1ccc(OCc2ccccc2)cn1. The molecule has 0 aliphatic carbocycles. The van der Waals surface area contributed by atoms with Gasteiger partial charge < -0.3 is 14.8 Å². The lowest BCUT2D eigenvalue weighted by Crippen LogP contribution is -2.39. The summed E-state index contributed by atoms with van der Waals surface area (Å²) in [6, 6.07) is 13.6. The molecule has 0 radical (unpaired) electrons. The van der Waals surface area contributed by atoms with Crippen LogP contribution in [0.3, 0.4) is 0 Å². The van der Waals surface area contributed by atoms with Gasteiger partial charge in [-0.25, -0.2) is 0 Å². The minimum atomic E-state index is -0.295. The number of pyridine rings is 1. The van der Waals surface area contributed by atoms with Gasteiger partial charge in [0.2, 0.25) is 0 Å². The fourth-order valence-corrected chi connectivity index (χ4v) is 1.87. The summed E-state index contributed by atoms with van der Waals surface area (Å²) >= 11 is 0. The van der Waals surface area contributed by atoms with Gasteiger partial charge in [0.25, 0.3) is 0 Å². The van der Waals surface area contributed by atoms with E-state index in [4.69, 9.17) is 9.47 Å². The predicted molar refractivity (Wildman–Crippen MR) is 92.6 cm³/mol. The predicted octanol–water partition coefficient (Wildman–Crippen LogP) is 3.09. The first kappa shape index (κ1) is 17.9. The summed E-state index contributed by atoms with van der Waals surface area (Å²) in [7, 11) is 0. The summed E-state index contributed by atoms with van der Waals surface area (Å²) < 4.78 is 10.9. The van der Waals surface area contributed by atoms with Crippen LogP contribution < -0.4 is 10.1 Å². The van der Waals surface area contributed by atoms with Gasteiger partial charge in [0.05, 0.1) is 18.4 Å². The van der Waals surface area contributed by atoms with Crippen LogP contribution in [0.2, 0.25) is 0 Å². The molecule has 2 aromatic rings. The number of aromatic nitrogens is 1. The van der Waals surface area contributed by atoms with Crippen LogP contribution in [-0.2, 0) is 22.7 Å². The monoisotopic (exact) mass is 328 g/mol. The summed E-state index contributed by atoms with van der Waals surface area (Å²) in [6.07, 6.45) is 1.64. The Morgan fingerprint density at radius 2 is 1.83 bits per heavy atom. The number of nitrogens with one attached hydrogen (secondary N) is 1. The van der Waals surface area contributed by atoms with Gasteiger partial charge in [-0.15, -0.1) is 0 Å². The zero-order valence-electron chi connectivity index (χ0n) is 14.4. The van der Waals surface area contributed by atoms with Crippen LogP contribution in [0.15, 0.2) is 48.7 Å². The Bertz CT molecular complexity index is 634. The molecule has 0 aliphatic rings. The molecular weight excluding hydrogens is 304 g/mol. The first-order chi connectivity index (χ1) is 11.4. The van der Waals surface area contributed by atoms with Crippen LogP contribution in [-0.4, -0.2) is 23.0 Å². The second-order valence-electron chi connectivity index (χ2n) is 6.52. The third-order valence-corrected chi connectivity index (χ3v) is 3.19. The topological polar surface area (TPSA) is 60.5 Å². The van der Waals surface area contributed by atoms with Crippen LogP contribution in [0.4, 0.5) is 0 Å². The normalized spacial score (nSPS) is 11.1. The van der Waals surface area contributed by atoms with Gasteiger partial charge in [0, 0.05) is 5.54 Å². The van der Waals surface area contributed by atoms with Crippen molar-refractivity contribution in [2.75, 3.05) is 6.54 Å². The summed E-state index contributed by atoms with van der Waals surface area (Å²) in [5.41, 5.74) is 1.67. The standard InChI is InChI=1S/C19H24N2O3/c1-19(2,3)21-12-18(22)24-14-16-9-10-17(11-20-16)23-13-15-7-5-4-6-8-15/h4-11,21H,12-14H2,1-3H3. The molecule has 0 bridgehead atoms. The van der Waals surface area contributed by atoms with E-state index in [1.807, 2.05) is 57.2 Å². The van der Waals surface area contributed by atoms with Crippen LogP contribution in [0.5, 0.6) is 5.75 Å². The number of hydrogen-bond acceptors (Lipinski definition) is 5. The van der Waals surface area contributed by atoms with Crippen molar-refractivity contribution in [1.29, 1.82) is 0 Å². The highest BCUT2D eigenvalue weighted by Crippen LogP contribution is 2.12. The second kappa shape index (κ2) is 8.45. The molecule has 1 N–H and O–H groups in total. The molecular formula is C19H24N2O3. The smallest absolute Gasteiger partial charge is 0.320 e. The van der Waals surface area contributed by atoms with E-state index in [0.29, 0.717) is 18.1 Å². The number of rotatable bonds is 7. The third kappa shape index (κ3) is 6.79. The molecule has 5 nitrogen and oxygen atoms in total. The molecule has 0 fully saturated rings. The van der Waals surface area contributed by atoms with Gasteiger partial charge in [-0.1, -0.05) is 30.3 Å². The molecule has 1 aromatic carbocycles. The van der Waals surface area contributed by atoms with Crippen LogP contribution >= 0.6 is 0 Å². The van der Waals surface area contributed by atoms with Crippen molar-refractivity contribution in [3.8, 4) is 5.75 Å². The van der Waals surface area contributed by atoms with E-state index in [-0.39, 0.29) is 24.7 Å². The molecule has 1 aromatic heterocycles. The Balaban J connectivity index is 1.74. The Labute approximate surface area is 143 Å². The molecule has 0 aliphatic heterocycles. The second-order valence-corrected chi connectivity index (χ2v) is 6.52. The van der Waals surface area contributed by atoms with Gasteiger partial charge in [-0.3, -0.25) is 9.78 Å². The summed E-state index contributed by atoms with van der Waals surface area (Å²) in [4.78, 5) is 15.9. The molecule has 24 heavy (non-hydrogen) atoms. The quantitative estimate of drug-likeness (QED) is 0.792. The fraction of sp³-hybridized carbons (Fsp3) is 0.368. The average molecular weight is 328 g/mol. The molecule has 128 valence electrons. The summed E-state index contributed by atoms with van der Waals surface area (Å²) in [6.45, 7) is 6.82.